The second-order valence-electron chi connectivity index (χ2n) is 21.7. The Balaban J connectivity index is 1.60. The number of amides is 13. The molecule has 2 bridgehead atoms. The van der Waals surface area contributed by atoms with Gasteiger partial charge in [-0.25, -0.2) is 4.98 Å². The molecular weight excluding hydrogens is 1260 g/mol. The lowest BCUT2D eigenvalue weighted by molar-refractivity contribution is -0.138. The average Bonchev–Trinajstić information content (AvgIpc) is 1.77. The molecule has 0 unspecified atom stereocenters. The van der Waals surface area contributed by atoms with Crippen molar-refractivity contribution in [2.24, 2.45) is 27.9 Å². The summed E-state index contributed by atoms with van der Waals surface area (Å²) in [6.45, 7) is 0.644. The molecule has 3 aromatic rings. The van der Waals surface area contributed by atoms with E-state index in [9.17, 15) is 77.3 Å². The highest BCUT2D eigenvalue weighted by molar-refractivity contribution is 8.76. The first-order valence-corrected chi connectivity index (χ1v) is 32.0. The minimum absolute atomic E-state index is 0.0400. The number of nitrogens with zero attached hydrogens (tertiary/aromatic N) is 2. The highest BCUT2D eigenvalue weighted by atomic mass is 33.1. The van der Waals surface area contributed by atoms with E-state index in [-0.39, 0.29) is 63.3 Å². The zero-order valence-electron chi connectivity index (χ0n) is 50.8. The number of H-pyrrole nitrogens is 2. The fourth-order valence-electron chi connectivity index (χ4n) is 9.35. The van der Waals surface area contributed by atoms with E-state index in [1.165, 1.54) is 26.4 Å². The predicted molar refractivity (Wildman–Crippen MR) is 335 cm³/mol. The van der Waals surface area contributed by atoms with Crippen LogP contribution in [0.25, 0.3) is 10.9 Å². The number of unbranched alkanes of at least 4 members (excludes halogenated alkanes) is 1. The largest absolute Gasteiger partial charge is 0.481 e. The highest BCUT2D eigenvalue weighted by Crippen LogP contribution is 2.24. The van der Waals surface area contributed by atoms with Crippen LogP contribution in [0.2, 0.25) is 0 Å². The first kappa shape index (κ1) is 74.2. The topological polar surface area (TPSA) is 585 Å². The van der Waals surface area contributed by atoms with Gasteiger partial charge in [0.05, 0.1) is 25.9 Å². The molecule has 2 aliphatic rings. The molecule has 38 heteroatoms. The van der Waals surface area contributed by atoms with Gasteiger partial charge in [0.2, 0.25) is 76.8 Å². The van der Waals surface area contributed by atoms with E-state index in [1.807, 2.05) is 0 Å². The first-order chi connectivity index (χ1) is 44.3. The summed E-state index contributed by atoms with van der Waals surface area (Å²) in [6, 6.07) is -11.0. The van der Waals surface area contributed by atoms with E-state index in [2.05, 4.69) is 83.7 Å². The van der Waals surface area contributed by atoms with Crippen LogP contribution >= 0.6 is 21.6 Å². The van der Waals surface area contributed by atoms with Crippen LogP contribution in [-0.2, 0) is 80.0 Å². The number of hydrogen-bond donors (Lipinski definition) is 20. The molecule has 2 aliphatic heterocycles. The summed E-state index contributed by atoms with van der Waals surface area (Å²) in [5.41, 5.74) is 23.7. The SMILES string of the molecule is C[C@@H]1NC(=O)[C@@H]2CSSC[C@H](NC(=O)CNC(=O)[C@H](CCCN=C(N)N)NC(=O)[C@H](Cc3c[nH]c4ccccc34)NC(=O)[C@H](CO)NC(=O)[C@H](CCCCN)NC1=O)C(=O)N[C@@H](CCC(=O)O)C(=O)N[C@@H](CC(N)=O)C(=O)N[C@@H](Cc1cnc[nH]1)C(=O)N[C@@H](C)C(=O)N2. The minimum atomic E-state index is -1.89. The summed E-state index contributed by atoms with van der Waals surface area (Å²) in [6.07, 6.45) is 1.59. The van der Waals surface area contributed by atoms with Gasteiger partial charge in [-0.2, -0.15) is 0 Å². The van der Waals surface area contributed by atoms with E-state index in [0.717, 1.165) is 21.6 Å². The normalized spacial score (nSPS) is 25.3. The lowest BCUT2D eigenvalue weighted by Gasteiger charge is -2.28. The van der Waals surface area contributed by atoms with E-state index in [1.54, 1.807) is 30.5 Å². The maximum absolute atomic E-state index is 14.6. The number of hydrogen-bond acceptors (Lipinski definition) is 20. The number of carboxylic acids is 1. The van der Waals surface area contributed by atoms with E-state index >= 15 is 0 Å². The Bertz CT molecular complexity index is 3200. The fraction of sp³-hybridized carbons (Fsp3) is 0.527. The average molecular weight is 1340 g/mol. The number of guanidine groups is 1. The third-order valence-corrected chi connectivity index (χ3v) is 16.8. The Morgan fingerprint density at radius 3 is 1.73 bits per heavy atom. The standard InChI is InChI=1S/C55H80N20O16S2/c1-26-44(81)68-33(10-5-6-14-56)47(84)74-38(22-76)52(89)71-35(16-28-19-62-31-9-4-3-8-30(28)31)50(87)69-32(11-7-15-61-55(58)59)46(83)63-21-42(78)67-39-23-92-93-24-40(53(90)66-26)75-45(82)27(2)65-49(86)36(17-29-20-60-25-64-29)72-51(88)37(18-41(57)77)73-48(85)34(70-54(39)91)12-13-43(79)80/h3-4,8-9,19-20,25-27,32-40,62,76H,5-7,10-18,21-24,56H2,1-2H3,(H2,57,77)(H,60,64)(H,63,83)(H,65,86)(H,66,90)(H,67,78)(H,68,81)(H,69,87)(H,70,91)(H,71,89)(H,72,88)(H,73,85)(H,74,84)(H,75,82)(H,79,80)(H4,58,59,61)/t26-,27-,32-,33-,34-,35-,36-,37-,38-,39-,40-/m0/s1. The van der Waals surface area contributed by atoms with Gasteiger partial charge < -0.3 is 107 Å². The molecule has 4 heterocycles. The second kappa shape index (κ2) is 37.1. The van der Waals surface area contributed by atoms with Crippen LogP contribution in [-0.4, -0.2) is 218 Å². The van der Waals surface area contributed by atoms with Crippen LogP contribution in [0.5, 0.6) is 0 Å². The lowest BCUT2D eigenvalue weighted by atomic mass is 10.0. The molecule has 11 atom stereocenters. The number of carbonyl (C=O) groups is 14. The van der Waals surface area contributed by atoms with Gasteiger partial charge in [0.25, 0.3) is 0 Å². The molecule has 93 heavy (non-hydrogen) atoms. The van der Waals surface area contributed by atoms with Gasteiger partial charge in [0.15, 0.2) is 5.96 Å². The van der Waals surface area contributed by atoms with Crippen molar-refractivity contribution in [3.63, 3.8) is 0 Å². The number of aliphatic carboxylic acids is 1. The molecule has 24 N–H and O–H groups in total. The molecule has 1 aromatic carbocycles. The van der Waals surface area contributed by atoms with Crippen LogP contribution in [0, 0.1) is 0 Å². The van der Waals surface area contributed by atoms with Crippen LogP contribution in [0.4, 0.5) is 0 Å². The zero-order chi connectivity index (χ0) is 68.3. The van der Waals surface area contributed by atoms with Crippen molar-refractivity contribution in [3.8, 4) is 0 Å². The predicted octanol–water partition coefficient (Wildman–Crippen LogP) is -7.51. The Hall–Kier alpha value is -9.56. The number of fused-ring (bicyclic) bond motifs is 6. The number of aliphatic imine (C=N–C) groups is 1. The quantitative estimate of drug-likeness (QED) is 0.0243. The minimum Gasteiger partial charge on any atom is -0.481 e. The van der Waals surface area contributed by atoms with Gasteiger partial charge in [-0.15, -0.1) is 0 Å². The maximum atomic E-state index is 14.6. The van der Waals surface area contributed by atoms with Gasteiger partial charge in [-0.3, -0.25) is 72.1 Å². The van der Waals surface area contributed by atoms with Crippen LogP contribution in [0.3, 0.4) is 0 Å². The summed E-state index contributed by atoms with van der Waals surface area (Å²) in [4.78, 5) is 208. The Labute approximate surface area is 539 Å². The smallest absolute Gasteiger partial charge is 0.303 e. The number of aromatic amines is 2. The molecule has 2 fully saturated rings. The van der Waals surface area contributed by atoms with Crippen LogP contribution in [0.1, 0.15) is 76.5 Å². The Morgan fingerprint density at radius 2 is 1.10 bits per heavy atom. The number of nitrogens with one attached hydrogen (secondary N) is 14. The summed E-state index contributed by atoms with van der Waals surface area (Å²) in [7, 11) is 1.64. The molecule has 2 saturated heterocycles. The summed E-state index contributed by atoms with van der Waals surface area (Å²) >= 11 is 0. The lowest BCUT2D eigenvalue weighted by Crippen LogP contribution is -2.61. The zero-order valence-corrected chi connectivity index (χ0v) is 52.5. The molecule has 5 rings (SSSR count). The molecule has 36 nitrogen and oxygen atoms in total. The van der Waals surface area contributed by atoms with Gasteiger partial charge in [-0.05, 0) is 70.5 Å². The van der Waals surface area contributed by atoms with Gasteiger partial charge in [0, 0.05) is 66.3 Å². The van der Waals surface area contributed by atoms with Crippen LogP contribution < -0.4 is 86.7 Å². The maximum Gasteiger partial charge on any atom is 0.303 e. The van der Waals surface area contributed by atoms with Crippen molar-refractivity contribution in [2.45, 2.75) is 145 Å². The number of aromatic nitrogens is 3. The van der Waals surface area contributed by atoms with E-state index in [4.69, 9.17) is 22.9 Å². The van der Waals surface area contributed by atoms with E-state index < -0.39 is 193 Å². The van der Waals surface area contributed by atoms with Crippen molar-refractivity contribution in [1.29, 1.82) is 0 Å². The Kier molecular flexibility index (Phi) is 29.6. The molecule has 0 radical (unpaired) electrons. The summed E-state index contributed by atoms with van der Waals surface area (Å²) in [5.74, 6) is -16.4. The summed E-state index contributed by atoms with van der Waals surface area (Å²) < 4.78 is 0. The van der Waals surface area contributed by atoms with Gasteiger partial charge in [0.1, 0.15) is 66.5 Å². The Morgan fingerprint density at radius 1 is 0.581 bits per heavy atom. The number of carboxylic acid groups (broad SMARTS) is 1. The first-order valence-electron chi connectivity index (χ1n) is 29.5. The van der Waals surface area contributed by atoms with Gasteiger partial charge in [-0.1, -0.05) is 39.8 Å². The monoisotopic (exact) mass is 1340 g/mol. The molecule has 0 aliphatic carbocycles. The van der Waals surface area contributed by atoms with Crippen molar-refractivity contribution in [2.75, 3.05) is 37.7 Å². The number of nitrogens with two attached hydrogens (primary N) is 4. The third-order valence-electron chi connectivity index (χ3n) is 14.4. The molecule has 2 aromatic heterocycles. The van der Waals surface area contributed by atoms with Crippen molar-refractivity contribution in [3.05, 3.63) is 54.2 Å². The molecule has 13 amide bonds. The molecule has 508 valence electrons. The molecule has 0 saturated carbocycles. The number of aliphatic hydroxyl groups is 1. The fourth-order valence-corrected chi connectivity index (χ4v) is 11.7. The number of aliphatic hydroxyl groups excluding tert-OH is 1. The van der Waals surface area contributed by atoms with Crippen molar-refractivity contribution < 1.29 is 77.3 Å². The van der Waals surface area contributed by atoms with E-state index in [0.29, 0.717) is 22.9 Å². The molecule has 0 spiro atoms. The third kappa shape index (κ3) is 24.2. The molecular formula is C55H80N20O16S2. The highest BCUT2D eigenvalue weighted by Gasteiger charge is 2.37. The summed E-state index contributed by atoms with van der Waals surface area (Å²) in [5, 5.41) is 50.4. The number of benzene rings is 1. The number of rotatable bonds is 18. The van der Waals surface area contributed by atoms with Crippen LogP contribution in [0.15, 0.2) is 48.0 Å². The number of imidazole rings is 1. The van der Waals surface area contributed by atoms with Crippen molar-refractivity contribution >= 4 is 121 Å². The second-order valence-corrected chi connectivity index (χ2v) is 24.3. The number of para-hydroxylation sites is 1. The van der Waals surface area contributed by atoms with Crippen molar-refractivity contribution in [1.82, 2.24) is 78.8 Å². The number of primary amides is 1. The van der Waals surface area contributed by atoms with Gasteiger partial charge >= 0.3 is 5.97 Å². The number of carbonyl (C=O) groups excluding carboxylic acids is 13.